The van der Waals surface area contributed by atoms with Gasteiger partial charge in [-0.25, -0.2) is 9.97 Å². The topological polar surface area (TPSA) is 63.2 Å². The normalized spacial score (nSPS) is 11.7. The maximum absolute atomic E-state index is 12.5. The van der Waals surface area contributed by atoms with Gasteiger partial charge in [-0.05, 0) is 24.6 Å². The van der Waals surface area contributed by atoms with Gasteiger partial charge in [-0.3, -0.25) is 0 Å². The van der Waals surface area contributed by atoms with Crippen molar-refractivity contribution in [1.29, 1.82) is 0 Å². The zero-order chi connectivity index (χ0) is 15.6. The lowest BCUT2D eigenvalue weighted by Gasteiger charge is -2.16. The largest absolute Gasteiger partial charge is 0.279 e. The third kappa shape index (κ3) is 3.33. The Hall–Kier alpha value is -1.66. The van der Waals surface area contributed by atoms with Gasteiger partial charge >= 0.3 is 0 Å². The number of hydrogen-bond donors (Lipinski definition) is 0. The molecule has 0 unspecified atom stereocenters. The van der Waals surface area contributed by atoms with E-state index in [1.165, 1.54) is 18.3 Å². The molecule has 5 nitrogen and oxygen atoms in total. The molecule has 0 saturated carbocycles. The Morgan fingerprint density at radius 2 is 1.95 bits per heavy atom. The van der Waals surface area contributed by atoms with Crippen molar-refractivity contribution in [3.8, 4) is 0 Å². The third-order valence-electron chi connectivity index (χ3n) is 2.85. The van der Waals surface area contributed by atoms with Crippen LogP contribution in [-0.4, -0.2) is 18.4 Å². The molecule has 0 radical (unpaired) electrons. The van der Waals surface area contributed by atoms with Gasteiger partial charge in [0.2, 0.25) is 0 Å². The first-order chi connectivity index (χ1) is 9.82. The Morgan fingerprint density at radius 1 is 1.24 bits per heavy atom. The summed E-state index contributed by atoms with van der Waals surface area (Å²) >= 11 is 6.02. The maximum Gasteiger partial charge on any atom is 0.279 e. The van der Waals surface area contributed by atoms with Crippen molar-refractivity contribution < 1.29 is 8.42 Å². The van der Waals surface area contributed by atoms with E-state index in [2.05, 4.69) is 9.97 Å². The molecule has 2 aromatic rings. The first-order valence-corrected chi connectivity index (χ1v) is 8.21. The van der Waals surface area contributed by atoms with Crippen molar-refractivity contribution in [2.75, 3.05) is 3.82 Å². The van der Waals surface area contributed by atoms with Crippen LogP contribution in [0.1, 0.15) is 31.2 Å². The van der Waals surface area contributed by atoms with E-state index in [9.17, 15) is 8.42 Å². The molecule has 0 saturated heterocycles. The molecule has 0 spiro atoms. The molecule has 0 bridgehead atoms. The predicted octanol–water partition coefficient (Wildman–Crippen LogP) is 3.26. The Labute approximate surface area is 129 Å². The predicted molar refractivity (Wildman–Crippen MR) is 82.8 cm³/mol. The van der Waals surface area contributed by atoms with E-state index in [4.69, 9.17) is 11.8 Å². The van der Waals surface area contributed by atoms with Gasteiger partial charge in [-0.1, -0.05) is 26.0 Å². The summed E-state index contributed by atoms with van der Waals surface area (Å²) in [7, 11) is -3.85. The van der Waals surface area contributed by atoms with E-state index in [-0.39, 0.29) is 16.6 Å². The smallest absolute Gasteiger partial charge is 0.241 e. The molecular weight excluding hydrogens is 310 g/mol. The second-order valence-electron chi connectivity index (χ2n) is 4.96. The van der Waals surface area contributed by atoms with E-state index >= 15 is 0 Å². The molecule has 0 aliphatic rings. The number of anilines is 1. The number of aryl methyl sites for hydroxylation is 1. The van der Waals surface area contributed by atoms with Crippen molar-refractivity contribution in [3.05, 3.63) is 47.9 Å². The molecule has 0 amide bonds. The van der Waals surface area contributed by atoms with Gasteiger partial charge in [0.25, 0.3) is 10.0 Å². The Balaban J connectivity index is 2.43. The minimum absolute atomic E-state index is 0.0803. The summed E-state index contributed by atoms with van der Waals surface area (Å²) in [6.45, 7) is 5.67. The molecule has 0 aliphatic heterocycles. The number of nitrogens with zero attached hydrogens (tertiary/aromatic N) is 3. The van der Waals surface area contributed by atoms with Crippen LogP contribution in [0.4, 0.5) is 5.82 Å². The van der Waals surface area contributed by atoms with Gasteiger partial charge in [0.15, 0.2) is 5.82 Å². The fourth-order valence-corrected chi connectivity index (χ4v) is 3.18. The van der Waals surface area contributed by atoms with Crippen molar-refractivity contribution in [3.63, 3.8) is 0 Å². The molecule has 1 heterocycles. The Kier molecular flexibility index (Phi) is 4.49. The molecule has 112 valence electrons. The summed E-state index contributed by atoms with van der Waals surface area (Å²) < 4.78 is 25.7. The number of rotatable bonds is 4. The second kappa shape index (κ2) is 5.99. The highest BCUT2D eigenvalue weighted by Gasteiger charge is 2.25. The van der Waals surface area contributed by atoms with Crippen molar-refractivity contribution >= 4 is 27.6 Å². The van der Waals surface area contributed by atoms with E-state index in [0.29, 0.717) is 9.65 Å². The molecule has 0 fully saturated rings. The van der Waals surface area contributed by atoms with E-state index < -0.39 is 10.0 Å². The summed E-state index contributed by atoms with van der Waals surface area (Å²) in [6.07, 6.45) is 1.50. The summed E-state index contributed by atoms with van der Waals surface area (Å²) in [5, 5.41) is 0. The number of halogens is 1. The Bertz CT molecular complexity index is 747. The molecule has 0 aliphatic carbocycles. The van der Waals surface area contributed by atoms with Gasteiger partial charge in [0.1, 0.15) is 5.82 Å². The minimum atomic E-state index is -3.85. The van der Waals surface area contributed by atoms with Gasteiger partial charge in [0, 0.05) is 30.0 Å². The highest BCUT2D eigenvalue weighted by molar-refractivity contribution is 7.94. The highest BCUT2D eigenvalue weighted by atomic mass is 35.5. The van der Waals surface area contributed by atoms with E-state index in [1.807, 2.05) is 26.8 Å². The lowest BCUT2D eigenvalue weighted by molar-refractivity contribution is 0.597. The molecule has 1 aromatic carbocycles. The molecule has 1 aromatic heterocycles. The first kappa shape index (κ1) is 15.7. The van der Waals surface area contributed by atoms with Gasteiger partial charge in [0.05, 0.1) is 4.90 Å². The van der Waals surface area contributed by atoms with Crippen LogP contribution in [0.3, 0.4) is 0 Å². The SMILES string of the molecule is Cc1cccc(S(=O)(=O)N(Cl)c2ccnc(C(C)C)n2)c1. The lowest BCUT2D eigenvalue weighted by atomic mass is 10.2. The van der Waals surface area contributed by atoms with Crippen molar-refractivity contribution in [1.82, 2.24) is 9.97 Å². The number of sulfonamides is 1. The highest BCUT2D eigenvalue weighted by Crippen LogP contribution is 2.25. The summed E-state index contributed by atoms with van der Waals surface area (Å²) in [5.41, 5.74) is 0.840. The summed E-state index contributed by atoms with van der Waals surface area (Å²) in [5.74, 6) is 0.756. The fourth-order valence-electron chi connectivity index (χ4n) is 1.73. The van der Waals surface area contributed by atoms with Crippen LogP contribution >= 0.6 is 11.8 Å². The van der Waals surface area contributed by atoms with Crippen LogP contribution in [0.25, 0.3) is 0 Å². The van der Waals surface area contributed by atoms with Crippen LogP contribution in [-0.2, 0) is 10.0 Å². The zero-order valence-corrected chi connectivity index (χ0v) is 13.6. The average Bonchev–Trinajstić information content (AvgIpc) is 2.46. The Morgan fingerprint density at radius 3 is 2.57 bits per heavy atom. The van der Waals surface area contributed by atoms with Crippen LogP contribution in [0, 0.1) is 6.92 Å². The fraction of sp³-hybridized carbons (Fsp3) is 0.286. The van der Waals surface area contributed by atoms with Crippen LogP contribution in [0.15, 0.2) is 41.4 Å². The number of hydrogen-bond acceptors (Lipinski definition) is 4. The second-order valence-corrected chi connectivity index (χ2v) is 7.29. The summed E-state index contributed by atoms with van der Waals surface area (Å²) in [6, 6.07) is 8.02. The molecule has 0 atom stereocenters. The van der Waals surface area contributed by atoms with E-state index in [1.54, 1.807) is 12.1 Å². The molecule has 2 rings (SSSR count). The quantitative estimate of drug-likeness (QED) is 0.809. The van der Waals surface area contributed by atoms with Crippen molar-refractivity contribution in [2.24, 2.45) is 0 Å². The molecular formula is C14H16ClN3O2S. The van der Waals surface area contributed by atoms with Crippen LogP contribution < -0.4 is 3.82 Å². The first-order valence-electron chi connectivity index (χ1n) is 6.43. The standard InChI is InChI=1S/C14H16ClN3O2S/c1-10(2)14-16-8-7-13(17-14)18(15)21(19,20)12-6-4-5-11(3)9-12/h4-10H,1-3H3. The summed E-state index contributed by atoms with van der Waals surface area (Å²) in [4.78, 5) is 8.42. The maximum atomic E-state index is 12.5. The third-order valence-corrected chi connectivity index (χ3v) is 5.03. The van der Waals surface area contributed by atoms with Gasteiger partial charge < -0.3 is 0 Å². The molecule has 21 heavy (non-hydrogen) atoms. The molecule has 7 heteroatoms. The number of benzene rings is 1. The minimum Gasteiger partial charge on any atom is -0.241 e. The van der Waals surface area contributed by atoms with Gasteiger partial charge in [-0.2, -0.15) is 12.2 Å². The lowest BCUT2D eigenvalue weighted by Crippen LogP contribution is -2.23. The van der Waals surface area contributed by atoms with Crippen LogP contribution in [0.2, 0.25) is 0 Å². The van der Waals surface area contributed by atoms with E-state index in [0.717, 1.165) is 5.56 Å². The van der Waals surface area contributed by atoms with Crippen LogP contribution in [0.5, 0.6) is 0 Å². The van der Waals surface area contributed by atoms with Gasteiger partial charge in [-0.15, -0.1) is 0 Å². The van der Waals surface area contributed by atoms with Crippen molar-refractivity contribution in [2.45, 2.75) is 31.6 Å². The average molecular weight is 326 g/mol. The monoisotopic (exact) mass is 325 g/mol. The number of aromatic nitrogens is 2. The zero-order valence-electron chi connectivity index (χ0n) is 12.0. The molecule has 0 N–H and O–H groups in total.